The van der Waals surface area contributed by atoms with E-state index >= 15 is 0 Å². The van der Waals surface area contributed by atoms with Crippen molar-refractivity contribution in [3.8, 4) is 0 Å². The van der Waals surface area contributed by atoms with Gasteiger partial charge in [0, 0.05) is 32.2 Å². The van der Waals surface area contributed by atoms with Crippen LogP contribution in [0.5, 0.6) is 0 Å². The first-order chi connectivity index (χ1) is 15.3. The molecule has 0 aromatic heterocycles. The normalized spacial score (nSPS) is 23.9. The molecule has 3 fully saturated rings. The van der Waals surface area contributed by atoms with Crippen LogP contribution < -0.4 is 10.6 Å². The monoisotopic (exact) mass is 441 g/mol. The molecule has 1 aromatic rings. The van der Waals surface area contributed by atoms with Crippen molar-refractivity contribution in [2.24, 2.45) is 0 Å². The molecule has 2 aliphatic heterocycles. The first-order valence-electron chi connectivity index (χ1n) is 11.3. The molecule has 1 aliphatic carbocycles. The number of carbonyl (C=O) groups excluding carboxylic acids is 4. The van der Waals surface area contributed by atoms with Crippen LogP contribution in [0.2, 0.25) is 0 Å². The summed E-state index contributed by atoms with van der Waals surface area (Å²) in [6.45, 7) is 3.94. The quantitative estimate of drug-likeness (QED) is 0.567. The summed E-state index contributed by atoms with van der Waals surface area (Å²) in [7, 11) is 0. The Balaban J connectivity index is 1.25. The minimum atomic E-state index is -1.01. The molecule has 9 heteroatoms. The second-order valence-electron chi connectivity index (χ2n) is 9.14. The zero-order valence-corrected chi connectivity index (χ0v) is 18.5. The molecule has 1 aromatic carbocycles. The van der Waals surface area contributed by atoms with Gasteiger partial charge in [0.25, 0.3) is 5.91 Å². The number of nitrogens with zero attached hydrogens (tertiary/aromatic N) is 3. The van der Waals surface area contributed by atoms with Crippen molar-refractivity contribution in [3.63, 3.8) is 0 Å². The van der Waals surface area contributed by atoms with E-state index in [-0.39, 0.29) is 24.3 Å². The van der Waals surface area contributed by atoms with Crippen LogP contribution in [-0.2, 0) is 20.8 Å². The number of rotatable bonds is 8. The first kappa shape index (κ1) is 22.3. The molecule has 0 radical (unpaired) electrons. The summed E-state index contributed by atoms with van der Waals surface area (Å²) in [5.74, 6) is -0.577. The summed E-state index contributed by atoms with van der Waals surface area (Å²) < 4.78 is 0. The lowest BCUT2D eigenvalue weighted by atomic mass is 9.93. The average Bonchev–Trinajstić information content (AvgIpc) is 3.57. The highest BCUT2D eigenvalue weighted by Crippen LogP contribution is 2.23. The molecule has 1 saturated carbocycles. The van der Waals surface area contributed by atoms with Gasteiger partial charge in [-0.2, -0.15) is 0 Å². The van der Waals surface area contributed by atoms with E-state index < -0.39 is 11.6 Å². The van der Waals surface area contributed by atoms with Crippen molar-refractivity contribution in [1.29, 1.82) is 0 Å². The molecule has 32 heavy (non-hydrogen) atoms. The van der Waals surface area contributed by atoms with Crippen LogP contribution in [0.25, 0.3) is 0 Å². The Bertz CT molecular complexity index is 880. The largest absolute Gasteiger partial charge is 0.352 e. The van der Waals surface area contributed by atoms with Gasteiger partial charge in [-0.05, 0) is 38.2 Å². The van der Waals surface area contributed by atoms with Crippen LogP contribution in [0.4, 0.5) is 4.79 Å². The van der Waals surface area contributed by atoms with Gasteiger partial charge in [0.05, 0.1) is 6.54 Å². The van der Waals surface area contributed by atoms with Gasteiger partial charge in [0.1, 0.15) is 12.1 Å². The number of amides is 5. The van der Waals surface area contributed by atoms with Crippen LogP contribution >= 0.6 is 0 Å². The fraction of sp³-hybridized carbons (Fsp3) is 0.565. The molecule has 4 rings (SSSR count). The third-order valence-electron chi connectivity index (χ3n) is 6.43. The smallest absolute Gasteiger partial charge is 0.325 e. The van der Waals surface area contributed by atoms with E-state index in [0.717, 1.165) is 23.3 Å². The third-order valence-corrected chi connectivity index (χ3v) is 6.43. The van der Waals surface area contributed by atoms with Crippen LogP contribution in [0.15, 0.2) is 30.3 Å². The summed E-state index contributed by atoms with van der Waals surface area (Å²) in [6, 6.07) is 9.61. The van der Waals surface area contributed by atoms with E-state index in [1.165, 1.54) is 0 Å². The molecule has 0 spiro atoms. The maximum atomic E-state index is 13.0. The fourth-order valence-electron chi connectivity index (χ4n) is 4.19. The number of benzene rings is 1. The Morgan fingerprint density at radius 1 is 1.06 bits per heavy atom. The molecule has 9 nitrogen and oxygen atoms in total. The molecule has 5 amide bonds. The van der Waals surface area contributed by atoms with Crippen LogP contribution in [0.3, 0.4) is 0 Å². The number of hydrogen-bond donors (Lipinski definition) is 2. The Morgan fingerprint density at radius 2 is 1.75 bits per heavy atom. The van der Waals surface area contributed by atoms with E-state index in [1.807, 2.05) is 35.2 Å². The molecular weight excluding hydrogens is 410 g/mol. The SMILES string of the molecule is CC1(CCc2ccccc2)NC(=O)N(CC(=O)N2CCN(CC(=O)NC3CC3)CC2)C1=O. The van der Waals surface area contributed by atoms with Crippen molar-refractivity contribution >= 4 is 23.8 Å². The predicted octanol–water partition coefficient (Wildman–Crippen LogP) is 0.353. The summed E-state index contributed by atoms with van der Waals surface area (Å²) in [5, 5.41) is 5.74. The Morgan fingerprint density at radius 3 is 2.41 bits per heavy atom. The summed E-state index contributed by atoms with van der Waals surface area (Å²) in [5.41, 5.74) is 0.0786. The van der Waals surface area contributed by atoms with Crippen molar-refractivity contribution in [2.45, 2.75) is 44.2 Å². The number of urea groups is 1. The molecule has 2 heterocycles. The number of aryl methyl sites for hydroxylation is 1. The lowest BCUT2D eigenvalue weighted by Gasteiger charge is -2.34. The van der Waals surface area contributed by atoms with Gasteiger partial charge in [-0.25, -0.2) is 4.79 Å². The first-order valence-corrected chi connectivity index (χ1v) is 11.3. The zero-order valence-electron chi connectivity index (χ0n) is 18.5. The fourth-order valence-corrected chi connectivity index (χ4v) is 4.19. The van der Waals surface area contributed by atoms with Gasteiger partial charge < -0.3 is 15.5 Å². The van der Waals surface area contributed by atoms with Crippen molar-refractivity contribution < 1.29 is 19.2 Å². The van der Waals surface area contributed by atoms with Crippen LogP contribution in [0.1, 0.15) is 31.7 Å². The van der Waals surface area contributed by atoms with Crippen LogP contribution in [-0.4, -0.2) is 89.3 Å². The molecule has 2 saturated heterocycles. The second kappa shape index (κ2) is 9.28. The minimum absolute atomic E-state index is 0.0291. The highest BCUT2D eigenvalue weighted by molar-refractivity contribution is 6.08. The van der Waals surface area contributed by atoms with Gasteiger partial charge >= 0.3 is 6.03 Å². The molecule has 2 N–H and O–H groups in total. The van der Waals surface area contributed by atoms with Gasteiger partial charge in [-0.15, -0.1) is 0 Å². The lowest BCUT2D eigenvalue weighted by Crippen LogP contribution is -2.53. The lowest BCUT2D eigenvalue weighted by molar-refractivity contribution is -0.140. The number of nitrogens with one attached hydrogen (secondary N) is 2. The van der Waals surface area contributed by atoms with Crippen molar-refractivity contribution in [2.75, 3.05) is 39.3 Å². The number of imide groups is 1. The van der Waals surface area contributed by atoms with Gasteiger partial charge in [0.2, 0.25) is 11.8 Å². The predicted molar refractivity (Wildman–Crippen MR) is 118 cm³/mol. The van der Waals surface area contributed by atoms with E-state index in [0.29, 0.717) is 51.6 Å². The molecule has 172 valence electrons. The third kappa shape index (κ3) is 5.27. The van der Waals surface area contributed by atoms with E-state index in [4.69, 9.17) is 0 Å². The molecular formula is C23H31N5O4. The zero-order chi connectivity index (χ0) is 22.7. The highest BCUT2D eigenvalue weighted by Gasteiger charge is 2.48. The van der Waals surface area contributed by atoms with E-state index in [9.17, 15) is 19.2 Å². The number of carbonyl (C=O) groups is 4. The minimum Gasteiger partial charge on any atom is -0.352 e. The van der Waals surface area contributed by atoms with E-state index in [2.05, 4.69) is 10.6 Å². The Hall–Kier alpha value is -2.94. The number of piperazine rings is 1. The topological polar surface area (TPSA) is 102 Å². The van der Waals surface area contributed by atoms with Gasteiger partial charge in [-0.3, -0.25) is 24.2 Å². The van der Waals surface area contributed by atoms with E-state index in [1.54, 1.807) is 11.8 Å². The molecule has 1 unspecified atom stereocenters. The maximum absolute atomic E-state index is 13.0. The Kier molecular flexibility index (Phi) is 6.45. The van der Waals surface area contributed by atoms with Crippen molar-refractivity contribution in [3.05, 3.63) is 35.9 Å². The highest BCUT2D eigenvalue weighted by atomic mass is 16.2. The van der Waals surface area contributed by atoms with Gasteiger partial charge in [-0.1, -0.05) is 30.3 Å². The molecule has 1 atom stereocenters. The summed E-state index contributed by atoms with van der Waals surface area (Å²) in [6.07, 6.45) is 3.24. The summed E-state index contributed by atoms with van der Waals surface area (Å²) in [4.78, 5) is 54.9. The van der Waals surface area contributed by atoms with Crippen molar-refractivity contribution in [1.82, 2.24) is 25.3 Å². The molecule has 3 aliphatic rings. The number of hydrogen-bond acceptors (Lipinski definition) is 5. The average molecular weight is 442 g/mol. The van der Waals surface area contributed by atoms with Gasteiger partial charge in [0.15, 0.2) is 0 Å². The standard InChI is InChI=1S/C23H31N5O4/c1-23(10-9-17-5-3-2-4-6-17)21(31)28(22(32)25-23)16-20(30)27-13-11-26(12-14-27)15-19(29)24-18-7-8-18/h2-6,18H,7-16H2,1H3,(H,24,29)(H,25,32). The second-order valence-corrected chi connectivity index (χ2v) is 9.14. The molecule has 0 bridgehead atoms. The van der Waals surface area contributed by atoms with Crippen LogP contribution in [0, 0.1) is 0 Å². The maximum Gasteiger partial charge on any atom is 0.325 e. The summed E-state index contributed by atoms with van der Waals surface area (Å²) >= 11 is 0. The Labute approximate surface area is 188 Å².